The van der Waals surface area contributed by atoms with Crippen molar-refractivity contribution in [3.05, 3.63) is 0 Å². The number of piperidine rings is 1. The molecule has 0 bridgehead atoms. The summed E-state index contributed by atoms with van der Waals surface area (Å²) in [7, 11) is 0. The Bertz CT molecular complexity index is 224. The molecule has 2 fully saturated rings. The molecule has 0 aromatic heterocycles. The summed E-state index contributed by atoms with van der Waals surface area (Å²) >= 11 is 0. The fourth-order valence-corrected chi connectivity index (χ4v) is 2.46. The average molecular weight is 211 g/mol. The highest BCUT2D eigenvalue weighted by molar-refractivity contribution is 5.75. The van der Waals surface area contributed by atoms with Crippen LogP contribution in [0.15, 0.2) is 0 Å². The maximum Gasteiger partial charge on any atom is 0.309 e. The number of esters is 1. The maximum absolute atomic E-state index is 11.4. The van der Waals surface area contributed by atoms with Crippen molar-refractivity contribution in [2.24, 2.45) is 11.8 Å². The Morgan fingerprint density at radius 1 is 1.33 bits per heavy atom. The molecule has 3 heteroatoms. The van der Waals surface area contributed by atoms with Crippen LogP contribution in [-0.2, 0) is 9.53 Å². The highest BCUT2D eigenvalue weighted by Crippen LogP contribution is 2.40. The van der Waals surface area contributed by atoms with Gasteiger partial charge in [0.1, 0.15) is 0 Å². The van der Waals surface area contributed by atoms with E-state index >= 15 is 0 Å². The number of hydrogen-bond acceptors (Lipinski definition) is 3. The lowest BCUT2D eigenvalue weighted by atomic mass is 10.1. The molecular weight excluding hydrogens is 190 g/mol. The van der Waals surface area contributed by atoms with E-state index in [1.807, 2.05) is 6.92 Å². The topological polar surface area (TPSA) is 29.5 Å². The van der Waals surface area contributed by atoms with Gasteiger partial charge in [-0.3, -0.25) is 4.79 Å². The Labute approximate surface area is 91.8 Å². The zero-order chi connectivity index (χ0) is 10.7. The van der Waals surface area contributed by atoms with Gasteiger partial charge < -0.3 is 9.64 Å². The lowest BCUT2D eigenvalue weighted by molar-refractivity contribution is -0.145. The van der Waals surface area contributed by atoms with E-state index in [0.717, 1.165) is 13.0 Å². The Kier molecular flexibility index (Phi) is 3.62. The van der Waals surface area contributed by atoms with Crippen molar-refractivity contribution in [1.82, 2.24) is 4.90 Å². The van der Waals surface area contributed by atoms with Gasteiger partial charge in [0.05, 0.1) is 12.5 Å². The number of ether oxygens (including phenoxy) is 1. The van der Waals surface area contributed by atoms with Crippen molar-refractivity contribution >= 4 is 5.97 Å². The Morgan fingerprint density at radius 3 is 2.73 bits per heavy atom. The quantitative estimate of drug-likeness (QED) is 0.662. The fraction of sp³-hybridized carbons (Fsp3) is 0.917. The van der Waals surface area contributed by atoms with Crippen molar-refractivity contribution in [3.63, 3.8) is 0 Å². The first-order chi connectivity index (χ1) is 7.31. The largest absolute Gasteiger partial charge is 0.466 e. The van der Waals surface area contributed by atoms with E-state index in [2.05, 4.69) is 4.90 Å². The molecule has 86 valence electrons. The molecule has 2 aliphatic rings. The van der Waals surface area contributed by atoms with E-state index in [0.29, 0.717) is 12.5 Å². The first-order valence-electron chi connectivity index (χ1n) is 6.20. The van der Waals surface area contributed by atoms with Crippen LogP contribution < -0.4 is 0 Å². The summed E-state index contributed by atoms with van der Waals surface area (Å²) in [5, 5.41) is 0. The third kappa shape index (κ3) is 2.94. The summed E-state index contributed by atoms with van der Waals surface area (Å²) in [6.45, 7) is 5.97. The van der Waals surface area contributed by atoms with Crippen molar-refractivity contribution in [2.45, 2.75) is 32.6 Å². The number of carbonyl (C=O) groups excluding carboxylic acids is 1. The van der Waals surface area contributed by atoms with Crippen LogP contribution in [0.25, 0.3) is 0 Å². The Morgan fingerprint density at radius 2 is 2.07 bits per heavy atom. The van der Waals surface area contributed by atoms with Crippen LogP contribution in [0, 0.1) is 11.8 Å². The molecule has 0 spiro atoms. The molecule has 15 heavy (non-hydrogen) atoms. The standard InChI is InChI=1S/C12H21NO2/c1-2-15-12(14)11-8-10(11)9-13-6-4-3-5-7-13/h10-11H,2-9H2,1H3/t10-,11+/m0/s1. The van der Waals surface area contributed by atoms with Gasteiger partial charge in [-0.15, -0.1) is 0 Å². The SMILES string of the molecule is CCOC(=O)[C@@H]1C[C@H]1CN1CCCCC1. The maximum atomic E-state index is 11.4. The second-order valence-electron chi connectivity index (χ2n) is 4.72. The molecule has 1 saturated heterocycles. The molecule has 1 aliphatic heterocycles. The summed E-state index contributed by atoms with van der Waals surface area (Å²) < 4.78 is 5.03. The third-order valence-electron chi connectivity index (χ3n) is 3.45. The molecule has 0 unspecified atom stereocenters. The molecule has 3 nitrogen and oxygen atoms in total. The van der Waals surface area contributed by atoms with E-state index in [-0.39, 0.29) is 11.9 Å². The predicted molar refractivity (Wildman–Crippen MR) is 58.5 cm³/mol. The van der Waals surface area contributed by atoms with Gasteiger partial charge in [-0.05, 0) is 45.2 Å². The zero-order valence-electron chi connectivity index (χ0n) is 9.58. The summed E-state index contributed by atoms with van der Waals surface area (Å²) in [6.07, 6.45) is 5.09. The smallest absolute Gasteiger partial charge is 0.309 e. The Hall–Kier alpha value is -0.570. The molecule has 0 aromatic rings. The minimum Gasteiger partial charge on any atom is -0.466 e. The summed E-state index contributed by atoms with van der Waals surface area (Å²) in [4.78, 5) is 13.9. The van der Waals surface area contributed by atoms with Gasteiger partial charge in [-0.2, -0.15) is 0 Å². The molecule has 2 atom stereocenters. The molecule has 1 aliphatic carbocycles. The van der Waals surface area contributed by atoms with Gasteiger partial charge >= 0.3 is 5.97 Å². The number of likely N-dealkylation sites (tertiary alicyclic amines) is 1. The highest BCUT2D eigenvalue weighted by atomic mass is 16.5. The second-order valence-corrected chi connectivity index (χ2v) is 4.72. The van der Waals surface area contributed by atoms with Gasteiger partial charge in [0.2, 0.25) is 0 Å². The lowest BCUT2D eigenvalue weighted by Crippen LogP contribution is -2.32. The van der Waals surface area contributed by atoms with Gasteiger partial charge in [0, 0.05) is 6.54 Å². The molecule has 0 aromatic carbocycles. The third-order valence-corrected chi connectivity index (χ3v) is 3.45. The monoisotopic (exact) mass is 211 g/mol. The van der Waals surface area contributed by atoms with Gasteiger partial charge in [0.25, 0.3) is 0 Å². The number of rotatable bonds is 4. The van der Waals surface area contributed by atoms with Crippen LogP contribution in [0.2, 0.25) is 0 Å². The first kappa shape index (κ1) is 10.9. The van der Waals surface area contributed by atoms with Crippen molar-refractivity contribution in [2.75, 3.05) is 26.2 Å². The molecular formula is C12H21NO2. The summed E-state index contributed by atoms with van der Waals surface area (Å²) in [6, 6.07) is 0. The molecule has 2 rings (SSSR count). The van der Waals surface area contributed by atoms with Crippen LogP contribution in [0.5, 0.6) is 0 Å². The number of hydrogen-bond donors (Lipinski definition) is 0. The fourth-order valence-electron chi connectivity index (χ4n) is 2.46. The molecule has 0 radical (unpaired) electrons. The summed E-state index contributed by atoms with van der Waals surface area (Å²) in [5.74, 6) is 0.827. The average Bonchev–Trinajstić information content (AvgIpc) is 2.99. The lowest BCUT2D eigenvalue weighted by Gasteiger charge is -2.26. The van der Waals surface area contributed by atoms with Crippen LogP contribution >= 0.6 is 0 Å². The van der Waals surface area contributed by atoms with E-state index in [1.165, 1.54) is 32.4 Å². The van der Waals surface area contributed by atoms with Gasteiger partial charge in [0.15, 0.2) is 0 Å². The van der Waals surface area contributed by atoms with Crippen molar-refractivity contribution in [3.8, 4) is 0 Å². The van der Waals surface area contributed by atoms with E-state index in [1.54, 1.807) is 0 Å². The van der Waals surface area contributed by atoms with Crippen molar-refractivity contribution in [1.29, 1.82) is 0 Å². The zero-order valence-corrected chi connectivity index (χ0v) is 9.58. The number of carbonyl (C=O) groups is 1. The predicted octanol–water partition coefficient (Wildman–Crippen LogP) is 1.67. The Balaban J connectivity index is 1.67. The molecule has 0 N–H and O–H groups in total. The second kappa shape index (κ2) is 4.97. The molecule has 1 heterocycles. The normalized spacial score (nSPS) is 31.3. The highest BCUT2D eigenvalue weighted by Gasteiger charge is 2.44. The molecule has 0 amide bonds. The van der Waals surface area contributed by atoms with Crippen LogP contribution in [0.1, 0.15) is 32.6 Å². The molecule has 1 saturated carbocycles. The van der Waals surface area contributed by atoms with Gasteiger partial charge in [-0.25, -0.2) is 0 Å². The van der Waals surface area contributed by atoms with E-state index in [4.69, 9.17) is 4.74 Å². The van der Waals surface area contributed by atoms with Crippen LogP contribution in [0.4, 0.5) is 0 Å². The van der Waals surface area contributed by atoms with Crippen LogP contribution in [0.3, 0.4) is 0 Å². The first-order valence-corrected chi connectivity index (χ1v) is 6.20. The number of nitrogens with zero attached hydrogens (tertiary/aromatic N) is 1. The summed E-state index contributed by atoms with van der Waals surface area (Å²) in [5.41, 5.74) is 0. The van der Waals surface area contributed by atoms with E-state index < -0.39 is 0 Å². The van der Waals surface area contributed by atoms with Crippen molar-refractivity contribution < 1.29 is 9.53 Å². The van der Waals surface area contributed by atoms with E-state index in [9.17, 15) is 4.79 Å². The van der Waals surface area contributed by atoms with Crippen LogP contribution in [-0.4, -0.2) is 37.1 Å². The minimum atomic E-state index is 0.0273. The minimum absolute atomic E-state index is 0.0273. The van der Waals surface area contributed by atoms with Gasteiger partial charge in [-0.1, -0.05) is 6.42 Å².